The topological polar surface area (TPSA) is 95.8 Å². The largest absolute Gasteiger partial charge is 0.506 e. The summed E-state index contributed by atoms with van der Waals surface area (Å²) < 4.78 is 17.8. The van der Waals surface area contributed by atoms with E-state index in [0.717, 1.165) is 0 Å². The summed E-state index contributed by atoms with van der Waals surface area (Å²) in [6.07, 6.45) is 4.57. The van der Waals surface area contributed by atoms with Crippen molar-refractivity contribution in [2.75, 3.05) is 0 Å². The Hall–Kier alpha value is -3.02. The summed E-state index contributed by atoms with van der Waals surface area (Å²) in [5, 5.41) is 19.6. The van der Waals surface area contributed by atoms with Crippen LogP contribution in [0.15, 0.2) is 76.1 Å². The molecule has 0 radical (unpaired) electrons. The molecule has 0 aliphatic carbocycles. The standard InChI is InChI=1S/C20H10Br2N2O4/c21-13-7-11(8-14(22)18(13)25)10-24-20-12(9-23)17(15-3-1-5-26-15)19(28-20)16-4-2-6-27-16/h1-8,10,25H. The van der Waals surface area contributed by atoms with E-state index >= 15 is 0 Å². The highest BCUT2D eigenvalue weighted by molar-refractivity contribution is 9.11. The predicted molar refractivity (Wildman–Crippen MR) is 110 cm³/mol. The van der Waals surface area contributed by atoms with Gasteiger partial charge in [0.25, 0.3) is 0 Å². The van der Waals surface area contributed by atoms with E-state index in [9.17, 15) is 10.4 Å². The van der Waals surface area contributed by atoms with E-state index in [1.165, 1.54) is 18.7 Å². The molecule has 0 aliphatic heterocycles. The number of hydrogen-bond acceptors (Lipinski definition) is 6. The molecule has 138 valence electrons. The lowest BCUT2D eigenvalue weighted by atomic mass is 10.1. The van der Waals surface area contributed by atoms with Gasteiger partial charge >= 0.3 is 0 Å². The molecule has 3 heterocycles. The van der Waals surface area contributed by atoms with Crippen LogP contribution in [0.25, 0.3) is 22.8 Å². The number of phenolic OH excluding ortho intramolecular Hbond substituents is 1. The van der Waals surface area contributed by atoms with Crippen LogP contribution in [0.3, 0.4) is 0 Å². The van der Waals surface area contributed by atoms with E-state index in [1.54, 1.807) is 36.4 Å². The average Bonchev–Trinajstić information content (AvgIpc) is 3.43. The lowest BCUT2D eigenvalue weighted by Crippen LogP contribution is -1.83. The fourth-order valence-corrected chi connectivity index (χ4v) is 3.87. The molecule has 8 heteroatoms. The zero-order valence-corrected chi connectivity index (χ0v) is 17.2. The highest BCUT2D eigenvalue weighted by atomic mass is 79.9. The van der Waals surface area contributed by atoms with Crippen LogP contribution >= 0.6 is 31.9 Å². The second-order valence-corrected chi connectivity index (χ2v) is 7.35. The molecule has 0 amide bonds. The van der Waals surface area contributed by atoms with Crippen LogP contribution in [0.1, 0.15) is 11.1 Å². The van der Waals surface area contributed by atoms with Gasteiger partial charge in [0.15, 0.2) is 11.5 Å². The van der Waals surface area contributed by atoms with E-state index in [0.29, 0.717) is 37.4 Å². The fraction of sp³-hybridized carbons (Fsp3) is 0. The molecule has 28 heavy (non-hydrogen) atoms. The number of nitrogens with zero attached hydrogens (tertiary/aromatic N) is 2. The van der Waals surface area contributed by atoms with E-state index in [4.69, 9.17) is 13.3 Å². The van der Waals surface area contributed by atoms with Crippen LogP contribution in [-0.2, 0) is 0 Å². The molecular formula is C20H10Br2N2O4. The van der Waals surface area contributed by atoms with Gasteiger partial charge in [-0.15, -0.1) is 0 Å². The van der Waals surface area contributed by atoms with E-state index in [-0.39, 0.29) is 17.2 Å². The van der Waals surface area contributed by atoms with Gasteiger partial charge in [0.05, 0.1) is 27.0 Å². The first kappa shape index (κ1) is 18.3. The maximum absolute atomic E-state index is 9.83. The van der Waals surface area contributed by atoms with Gasteiger partial charge in [-0.2, -0.15) is 5.26 Å². The van der Waals surface area contributed by atoms with Gasteiger partial charge in [-0.05, 0) is 73.8 Å². The van der Waals surface area contributed by atoms with Crippen LogP contribution in [0.5, 0.6) is 5.75 Å². The fourth-order valence-electron chi connectivity index (χ4n) is 2.64. The third-order valence-corrected chi connectivity index (χ3v) is 5.09. The summed E-state index contributed by atoms with van der Waals surface area (Å²) in [5.74, 6) is 1.51. The number of halogens is 2. The summed E-state index contributed by atoms with van der Waals surface area (Å²) >= 11 is 6.55. The minimum Gasteiger partial charge on any atom is -0.506 e. The zero-order chi connectivity index (χ0) is 19.7. The molecule has 0 saturated carbocycles. The normalized spacial score (nSPS) is 11.2. The van der Waals surface area contributed by atoms with Crippen molar-refractivity contribution in [1.29, 1.82) is 5.26 Å². The first-order chi connectivity index (χ1) is 13.6. The lowest BCUT2D eigenvalue weighted by Gasteiger charge is -2.01. The molecule has 0 aliphatic rings. The minimum atomic E-state index is 0.0908. The SMILES string of the molecule is N#Cc1c(N=Cc2cc(Br)c(O)c(Br)c2)oc(-c2ccco2)c1-c1ccco1. The lowest BCUT2D eigenvalue weighted by molar-refractivity contribution is 0.468. The molecule has 4 rings (SSSR count). The van der Waals surface area contributed by atoms with Gasteiger partial charge in [-0.25, -0.2) is 4.99 Å². The number of aromatic hydroxyl groups is 1. The Morgan fingerprint density at radius 1 is 1.04 bits per heavy atom. The summed E-state index contributed by atoms with van der Waals surface area (Å²) in [6.45, 7) is 0. The van der Waals surface area contributed by atoms with Crippen LogP contribution < -0.4 is 0 Å². The van der Waals surface area contributed by atoms with Crippen molar-refractivity contribution in [2.24, 2.45) is 4.99 Å². The van der Waals surface area contributed by atoms with E-state index in [1.807, 2.05) is 0 Å². The number of benzene rings is 1. The van der Waals surface area contributed by atoms with Gasteiger partial charge in [0, 0.05) is 6.21 Å². The molecular weight excluding hydrogens is 492 g/mol. The molecule has 0 fully saturated rings. The molecule has 6 nitrogen and oxygen atoms in total. The zero-order valence-electron chi connectivity index (χ0n) is 14.0. The van der Waals surface area contributed by atoms with Crippen LogP contribution in [0.4, 0.5) is 5.88 Å². The van der Waals surface area contributed by atoms with Crippen LogP contribution in [0.2, 0.25) is 0 Å². The van der Waals surface area contributed by atoms with Gasteiger partial charge in [0.2, 0.25) is 5.88 Å². The Kier molecular flexibility index (Phi) is 4.94. The molecule has 4 aromatic rings. The molecule has 0 spiro atoms. The molecule has 1 N–H and O–H groups in total. The molecule has 0 bridgehead atoms. The number of furan rings is 3. The Bertz CT molecular complexity index is 1180. The first-order valence-electron chi connectivity index (χ1n) is 7.95. The molecule has 3 aromatic heterocycles. The number of phenols is 1. The van der Waals surface area contributed by atoms with Crippen molar-refractivity contribution in [3.8, 4) is 34.7 Å². The minimum absolute atomic E-state index is 0.0908. The number of aliphatic imine (C=N–C) groups is 1. The number of hydrogen-bond donors (Lipinski definition) is 1. The smallest absolute Gasteiger partial charge is 0.238 e. The molecule has 0 atom stereocenters. The van der Waals surface area contributed by atoms with Gasteiger partial charge < -0.3 is 18.4 Å². The van der Waals surface area contributed by atoms with Crippen molar-refractivity contribution in [1.82, 2.24) is 0 Å². The second-order valence-electron chi connectivity index (χ2n) is 5.64. The van der Waals surface area contributed by atoms with E-state index in [2.05, 4.69) is 42.9 Å². The third kappa shape index (κ3) is 3.30. The third-order valence-electron chi connectivity index (χ3n) is 3.88. The average molecular weight is 502 g/mol. The number of nitriles is 1. The maximum atomic E-state index is 9.83. The monoisotopic (exact) mass is 500 g/mol. The van der Waals surface area contributed by atoms with Crippen LogP contribution in [-0.4, -0.2) is 11.3 Å². The van der Waals surface area contributed by atoms with Crippen molar-refractivity contribution < 1.29 is 18.4 Å². The van der Waals surface area contributed by atoms with Gasteiger partial charge in [-0.3, -0.25) is 0 Å². The van der Waals surface area contributed by atoms with Gasteiger partial charge in [-0.1, -0.05) is 0 Å². The summed E-state index contributed by atoms with van der Waals surface area (Å²) in [5.41, 5.74) is 1.40. The quantitative estimate of drug-likeness (QED) is 0.315. The molecule has 0 unspecified atom stereocenters. The van der Waals surface area contributed by atoms with Crippen molar-refractivity contribution in [3.05, 3.63) is 69.0 Å². The second kappa shape index (κ2) is 7.54. The summed E-state index contributed by atoms with van der Waals surface area (Å²) in [6, 6.07) is 12.4. The van der Waals surface area contributed by atoms with E-state index < -0.39 is 0 Å². The Balaban J connectivity index is 1.84. The summed E-state index contributed by atoms with van der Waals surface area (Å²) in [7, 11) is 0. The van der Waals surface area contributed by atoms with Crippen molar-refractivity contribution in [3.63, 3.8) is 0 Å². The predicted octanol–water partition coefficient (Wildman–Crippen LogP) is 6.65. The van der Waals surface area contributed by atoms with Gasteiger partial charge in [0.1, 0.15) is 23.1 Å². The van der Waals surface area contributed by atoms with Crippen molar-refractivity contribution in [2.45, 2.75) is 0 Å². The highest BCUT2D eigenvalue weighted by Crippen LogP contribution is 2.43. The Labute approximate surface area is 176 Å². The molecule has 0 saturated heterocycles. The Morgan fingerprint density at radius 2 is 1.68 bits per heavy atom. The Morgan fingerprint density at radius 3 is 2.25 bits per heavy atom. The summed E-state index contributed by atoms with van der Waals surface area (Å²) in [4.78, 5) is 4.34. The highest BCUT2D eigenvalue weighted by Gasteiger charge is 2.26. The first-order valence-corrected chi connectivity index (χ1v) is 9.53. The van der Waals surface area contributed by atoms with Crippen LogP contribution in [0, 0.1) is 11.3 Å². The molecule has 1 aromatic carbocycles. The number of rotatable bonds is 4. The van der Waals surface area contributed by atoms with Crippen molar-refractivity contribution >= 4 is 44.0 Å². The maximum Gasteiger partial charge on any atom is 0.238 e.